The van der Waals surface area contributed by atoms with E-state index in [4.69, 9.17) is 5.73 Å². The van der Waals surface area contributed by atoms with Crippen molar-refractivity contribution in [1.29, 1.82) is 0 Å². The highest BCUT2D eigenvalue weighted by atomic mass is 15.2. The Morgan fingerprint density at radius 2 is 2.20 bits per heavy atom. The van der Waals surface area contributed by atoms with Crippen molar-refractivity contribution < 1.29 is 0 Å². The van der Waals surface area contributed by atoms with Gasteiger partial charge in [-0.25, -0.2) is 0 Å². The third kappa shape index (κ3) is 1.96. The lowest BCUT2D eigenvalue weighted by Crippen LogP contribution is -2.56. The molecule has 0 aromatic rings. The number of hydrogen-bond donors (Lipinski definition) is 1. The molecule has 1 unspecified atom stereocenters. The zero-order valence-electron chi connectivity index (χ0n) is 7.01. The lowest BCUT2D eigenvalue weighted by Gasteiger charge is -2.38. The lowest BCUT2D eigenvalue weighted by molar-refractivity contribution is 0.129. The highest BCUT2D eigenvalue weighted by molar-refractivity contribution is 4.82. The molecule has 1 saturated heterocycles. The van der Waals surface area contributed by atoms with E-state index in [1.54, 1.807) is 0 Å². The number of rotatable bonds is 3. The predicted octanol–water partition coefficient (Wildman–Crippen LogP) is 0.675. The molecule has 1 rings (SSSR count). The fourth-order valence-electron chi connectivity index (χ4n) is 1.33. The van der Waals surface area contributed by atoms with E-state index in [2.05, 4.69) is 18.7 Å². The van der Waals surface area contributed by atoms with Gasteiger partial charge in [-0.05, 0) is 5.92 Å². The Morgan fingerprint density at radius 3 is 2.60 bits per heavy atom. The number of nitrogens with zero attached hydrogens (tertiary/aromatic N) is 1. The molecule has 0 aromatic carbocycles. The Kier molecular flexibility index (Phi) is 2.69. The van der Waals surface area contributed by atoms with E-state index in [9.17, 15) is 0 Å². The summed E-state index contributed by atoms with van der Waals surface area (Å²) < 4.78 is 0. The third-order valence-corrected chi connectivity index (χ3v) is 2.25. The van der Waals surface area contributed by atoms with Crippen LogP contribution >= 0.6 is 0 Å². The van der Waals surface area contributed by atoms with Crippen LogP contribution in [0.15, 0.2) is 0 Å². The molecule has 0 radical (unpaired) electrons. The van der Waals surface area contributed by atoms with Crippen molar-refractivity contribution in [3.63, 3.8) is 0 Å². The minimum Gasteiger partial charge on any atom is -0.325 e. The number of nitrogens with two attached hydrogens (primary N) is 1. The Balaban J connectivity index is 2.04. The molecular formula is C8H18N2. The standard InChI is InChI=1S/C8H18N2/c1-3-7(2)4-10-5-8(9)6-10/h7-8H,3-6,9H2,1-2H3. The molecule has 0 amide bonds. The first-order valence-corrected chi connectivity index (χ1v) is 4.20. The van der Waals surface area contributed by atoms with Crippen LogP contribution in [0.25, 0.3) is 0 Å². The average molecular weight is 142 g/mol. The molecule has 0 aliphatic carbocycles. The Hall–Kier alpha value is -0.0800. The van der Waals surface area contributed by atoms with Gasteiger partial charge >= 0.3 is 0 Å². The summed E-state index contributed by atoms with van der Waals surface area (Å²) in [6, 6.07) is 0.462. The van der Waals surface area contributed by atoms with Crippen LogP contribution in [-0.2, 0) is 0 Å². The minimum atomic E-state index is 0.462. The summed E-state index contributed by atoms with van der Waals surface area (Å²) in [6.45, 7) is 8.01. The molecular weight excluding hydrogens is 124 g/mol. The van der Waals surface area contributed by atoms with Crippen LogP contribution in [0, 0.1) is 5.92 Å². The van der Waals surface area contributed by atoms with E-state index in [-0.39, 0.29) is 0 Å². The fourth-order valence-corrected chi connectivity index (χ4v) is 1.33. The summed E-state index contributed by atoms with van der Waals surface area (Å²) in [7, 11) is 0. The molecule has 1 heterocycles. The third-order valence-electron chi connectivity index (χ3n) is 2.25. The van der Waals surface area contributed by atoms with E-state index < -0.39 is 0 Å². The summed E-state index contributed by atoms with van der Waals surface area (Å²) >= 11 is 0. The van der Waals surface area contributed by atoms with Crippen LogP contribution < -0.4 is 5.73 Å². The van der Waals surface area contributed by atoms with Crippen LogP contribution in [0.4, 0.5) is 0 Å². The molecule has 0 bridgehead atoms. The Labute approximate surface area is 63.4 Å². The molecule has 2 nitrogen and oxygen atoms in total. The van der Waals surface area contributed by atoms with Crippen molar-refractivity contribution in [2.75, 3.05) is 19.6 Å². The van der Waals surface area contributed by atoms with Gasteiger partial charge in [-0.3, -0.25) is 4.90 Å². The van der Waals surface area contributed by atoms with Crippen molar-refractivity contribution in [2.45, 2.75) is 26.3 Å². The van der Waals surface area contributed by atoms with Gasteiger partial charge in [-0.1, -0.05) is 20.3 Å². The molecule has 2 heteroatoms. The maximum atomic E-state index is 5.64. The second kappa shape index (κ2) is 3.35. The van der Waals surface area contributed by atoms with E-state index in [1.165, 1.54) is 13.0 Å². The van der Waals surface area contributed by atoms with Crippen LogP contribution in [-0.4, -0.2) is 30.6 Å². The highest BCUT2D eigenvalue weighted by Gasteiger charge is 2.23. The monoisotopic (exact) mass is 142 g/mol. The van der Waals surface area contributed by atoms with Gasteiger partial charge in [0.1, 0.15) is 0 Å². The minimum absolute atomic E-state index is 0.462. The molecule has 2 N–H and O–H groups in total. The maximum absolute atomic E-state index is 5.64. The van der Waals surface area contributed by atoms with Crippen molar-refractivity contribution in [3.05, 3.63) is 0 Å². The summed E-state index contributed by atoms with van der Waals surface area (Å²) in [5.41, 5.74) is 5.64. The summed E-state index contributed by atoms with van der Waals surface area (Å²) in [5.74, 6) is 0.840. The number of hydrogen-bond acceptors (Lipinski definition) is 2. The first-order valence-electron chi connectivity index (χ1n) is 4.20. The van der Waals surface area contributed by atoms with Gasteiger partial charge in [0.15, 0.2) is 0 Å². The van der Waals surface area contributed by atoms with Crippen LogP contribution in [0.2, 0.25) is 0 Å². The van der Waals surface area contributed by atoms with Gasteiger partial charge in [-0.15, -0.1) is 0 Å². The van der Waals surface area contributed by atoms with Crippen molar-refractivity contribution in [2.24, 2.45) is 11.7 Å². The molecule has 1 aliphatic rings. The molecule has 0 aromatic heterocycles. The van der Waals surface area contributed by atoms with E-state index in [0.29, 0.717) is 6.04 Å². The van der Waals surface area contributed by atoms with Crippen molar-refractivity contribution in [1.82, 2.24) is 4.90 Å². The predicted molar refractivity (Wildman–Crippen MR) is 43.9 cm³/mol. The number of likely N-dealkylation sites (tertiary alicyclic amines) is 1. The van der Waals surface area contributed by atoms with E-state index in [1.807, 2.05) is 0 Å². The summed E-state index contributed by atoms with van der Waals surface area (Å²) in [4.78, 5) is 2.43. The zero-order valence-corrected chi connectivity index (χ0v) is 7.01. The van der Waals surface area contributed by atoms with Gasteiger partial charge in [0.2, 0.25) is 0 Å². The van der Waals surface area contributed by atoms with Crippen LogP contribution in [0.5, 0.6) is 0 Å². The van der Waals surface area contributed by atoms with Crippen molar-refractivity contribution in [3.8, 4) is 0 Å². The van der Waals surface area contributed by atoms with E-state index in [0.717, 1.165) is 19.0 Å². The van der Waals surface area contributed by atoms with E-state index >= 15 is 0 Å². The molecule has 1 aliphatic heterocycles. The van der Waals surface area contributed by atoms with Crippen molar-refractivity contribution >= 4 is 0 Å². The van der Waals surface area contributed by atoms with Crippen LogP contribution in [0.1, 0.15) is 20.3 Å². The molecule has 1 fully saturated rings. The second-order valence-corrected chi connectivity index (χ2v) is 3.49. The van der Waals surface area contributed by atoms with Gasteiger partial charge in [0.05, 0.1) is 0 Å². The summed E-state index contributed by atoms with van der Waals surface area (Å²) in [5, 5.41) is 0. The molecule has 0 spiro atoms. The highest BCUT2D eigenvalue weighted by Crippen LogP contribution is 2.10. The van der Waals surface area contributed by atoms with Gasteiger partial charge < -0.3 is 5.73 Å². The Bertz CT molecular complexity index is 97.4. The molecule has 60 valence electrons. The largest absolute Gasteiger partial charge is 0.325 e. The van der Waals surface area contributed by atoms with Crippen LogP contribution in [0.3, 0.4) is 0 Å². The summed E-state index contributed by atoms with van der Waals surface area (Å²) in [6.07, 6.45) is 1.28. The first kappa shape index (κ1) is 8.02. The maximum Gasteiger partial charge on any atom is 0.0297 e. The van der Waals surface area contributed by atoms with Gasteiger partial charge in [-0.2, -0.15) is 0 Å². The lowest BCUT2D eigenvalue weighted by atomic mass is 10.0. The smallest absolute Gasteiger partial charge is 0.0297 e. The van der Waals surface area contributed by atoms with Gasteiger partial charge in [0, 0.05) is 25.7 Å². The SMILES string of the molecule is CCC(C)CN1CC(N)C1. The molecule has 0 saturated carbocycles. The van der Waals surface area contributed by atoms with Gasteiger partial charge in [0.25, 0.3) is 0 Å². The fraction of sp³-hybridized carbons (Fsp3) is 1.00. The molecule has 1 atom stereocenters. The second-order valence-electron chi connectivity index (χ2n) is 3.49. The topological polar surface area (TPSA) is 29.3 Å². The zero-order chi connectivity index (χ0) is 7.56. The Morgan fingerprint density at radius 1 is 1.60 bits per heavy atom. The molecule has 10 heavy (non-hydrogen) atoms. The normalized spacial score (nSPS) is 24.3. The first-order chi connectivity index (χ1) is 4.72. The average Bonchev–Trinajstić information content (AvgIpc) is 1.84. The quantitative estimate of drug-likeness (QED) is 0.627.